The predicted octanol–water partition coefficient (Wildman–Crippen LogP) is 3.68. The van der Waals surface area contributed by atoms with E-state index in [-0.39, 0.29) is 18.2 Å². The zero-order valence-corrected chi connectivity index (χ0v) is 17.8. The smallest absolute Gasteiger partial charge is 0.241 e. The van der Waals surface area contributed by atoms with Crippen molar-refractivity contribution in [3.8, 4) is 5.75 Å². The van der Waals surface area contributed by atoms with Gasteiger partial charge >= 0.3 is 0 Å². The van der Waals surface area contributed by atoms with Gasteiger partial charge < -0.3 is 19.9 Å². The molecule has 0 aliphatic carbocycles. The minimum atomic E-state index is 0.0346. The molecule has 2 aromatic rings. The van der Waals surface area contributed by atoms with Crippen molar-refractivity contribution in [2.24, 2.45) is 0 Å². The number of nitrogens with zero attached hydrogens (tertiary/aromatic N) is 2. The van der Waals surface area contributed by atoms with Gasteiger partial charge in [-0.15, -0.1) is 0 Å². The fourth-order valence-corrected chi connectivity index (χ4v) is 3.12. The molecule has 0 unspecified atom stereocenters. The molecule has 0 radical (unpaired) electrons. The van der Waals surface area contributed by atoms with E-state index in [1.807, 2.05) is 55.1 Å². The van der Waals surface area contributed by atoms with E-state index in [2.05, 4.69) is 10.2 Å². The van der Waals surface area contributed by atoms with E-state index in [4.69, 9.17) is 4.74 Å². The lowest BCUT2D eigenvalue weighted by Crippen LogP contribution is -2.50. The minimum absolute atomic E-state index is 0.0346. The van der Waals surface area contributed by atoms with Crippen LogP contribution in [0.2, 0.25) is 0 Å². The van der Waals surface area contributed by atoms with E-state index in [1.165, 1.54) is 6.92 Å². The summed E-state index contributed by atoms with van der Waals surface area (Å²) in [6, 6.07) is 15.2. The van der Waals surface area contributed by atoms with E-state index in [1.54, 1.807) is 19.2 Å². The van der Waals surface area contributed by atoms with Crippen molar-refractivity contribution in [1.29, 1.82) is 0 Å². The van der Waals surface area contributed by atoms with Gasteiger partial charge in [0.25, 0.3) is 0 Å². The highest BCUT2D eigenvalue weighted by Gasteiger charge is 2.21. The molecule has 1 heterocycles. The lowest BCUT2D eigenvalue weighted by molar-refractivity contribution is -0.129. The van der Waals surface area contributed by atoms with Gasteiger partial charge in [0.15, 0.2) is 5.78 Å². The first-order valence-corrected chi connectivity index (χ1v) is 10.1. The molecule has 0 saturated carbocycles. The van der Waals surface area contributed by atoms with Crippen molar-refractivity contribution in [3.05, 3.63) is 54.1 Å². The quantitative estimate of drug-likeness (QED) is 0.754. The summed E-state index contributed by atoms with van der Waals surface area (Å²) in [5, 5.41) is 3.13. The first-order valence-electron chi connectivity index (χ1n) is 10.1. The second-order valence-electron chi connectivity index (χ2n) is 6.55. The van der Waals surface area contributed by atoms with E-state index in [9.17, 15) is 9.59 Å². The zero-order valence-electron chi connectivity index (χ0n) is 17.8. The molecule has 1 fully saturated rings. The third-order valence-electron chi connectivity index (χ3n) is 4.81. The third kappa shape index (κ3) is 6.24. The van der Waals surface area contributed by atoms with Gasteiger partial charge in [-0.3, -0.25) is 9.59 Å². The van der Waals surface area contributed by atoms with Gasteiger partial charge in [-0.25, -0.2) is 0 Å². The van der Waals surface area contributed by atoms with Gasteiger partial charge in [-0.1, -0.05) is 13.8 Å². The lowest BCUT2D eigenvalue weighted by Gasteiger charge is -2.36. The molecular formula is C23H31N3O3. The first kappa shape index (κ1) is 22.3. The summed E-state index contributed by atoms with van der Waals surface area (Å²) in [5.74, 6) is 0.961. The Morgan fingerprint density at radius 2 is 1.52 bits per heavy atom. The first-order chi connectivity index (χ1) is 14.1. The van der Waals surface area contributed by atoms with Crippen LogP contribution in [-0.2, 0) is 4.79 Å². The number of benzene rings is 2. The van der Waals surface area contributed by atoms with Crippen LogP contribution in [0.1, 0.15) is 31.1 Å². The summed E-state index contributed by atoms with van der Waals surface area (Å²) in [7, 11) is 1.66. The minimum Gasteiger partial charge on any atom is -0.497 e. The van der Waals surface area contributed by atoms with E-state index < -0.39 is 0 Å². The molecule has 0 bridgehead atoms. The van der Waals surface area contributed by atoms with Gasteiger partial charge in [0.05, 0.1) is 13.7 Å². The van der Waals surface area contributed by atoms with Crippen LogP contribution in [0.4, 0.5) is 11.4 Å². The number of nitrogens with one attached hydrogen (secondary N) is 1. The average molecular weight is 398 g/mol. The summed E-state index contributed by atoms with van der Waals surface area (Å²) < 4.78 is 5.19. The number of hydrogen-bond acceptors (Lipinski definition) is 5. The maximum absolute atomic E-state index is 12.4. The molecule has 3 rings (SSSR count). The molecule has 2 aromatic carbocycles. The number of methoxy groups -OCH3 is 1. The molecule has 29 heavy (non-hydrogen) atoms. The van der Waals surface area contributed by atoms with Crippen LogP contribution in [0.15, 0.2) is 48.5 Å². The van der Waals surface area contributed by atoms with Gasteiger partial charge in [0.1, 0.15) is 5.75 Å². The second kappa shape index (κ2) is 11.1. The number of ketones is 1. The Morgan fingerprint density at radius 3 is 2.03 bits per heavy atom. The Bertz CT molecular complexity index is 780. The Morgan fingerprint density at radius 1 is 0.931 bits per heavy atom. The SMILES string of the molecule is CC.COc1ccc(N2CCN(C(=O)CNc3ccc(C(C)=O)cc3)CC2)cc1. The molecule has 6 heteroatoms. The Hall–Kier alpha value is -3.02. The summed E-state index contributed by atoms with van der Waals surface area (Å²) >= 11 is 0. The van der Waals surface area contributed by atoms with E-state index in [0.717, 1.165) is 30.2 Å². The van der Waals surface area contributed by atoms with Gasteiger partial charge in [0, 0.05) is 43.1 Å². The zero-order chi connectivity index (χ0) is 21.2. The monoisotopic (exact) mass is 397 g/mol. The topological polar surface area (TPSA) is 61.9 Å². The number of ether oxygens (including phenoxy) is 1. The standard InChI is InChI=1S/C21H25N3O3.C2H6/c1-16(25)17-3-5-18(6-4-17)22-15-21(26)24-13-11-23(12-14-24)19-7-9-20(27-2)10-8-19;1-2/h3-10,22H,11-15H2,1-2H3;1-2H3. The number of amides is 1. The number of rotatable bonds is 6. The van der Waals surface area contributed by atoms with Gasteiger partial charge in [0.2, 0.25) is 5.91 Å². The molecule has 6 nitrogen and oxygen atoms in total. The number of piperazine rings is 1. The van der Waals surface area contributed by atoms with Crippen molar-refractivity contribution in [1.82, 2.24) is 4.90 Å². The van der Waals surface area contributed by atoms with Crippen LogP contribution < -0.4 is 15.0 Å². The highest BCUT2D eigenvalue weighted by atomic mass is 16.5. The van der Waals surface area contributed by atoms with Crippen LogP contribution >= 0.6 is 0 Å². The van der Waals surface area contributed by atoms with E-state index in [0.29, 0.717) is 18.7 Å². The van der Waals surface area contributed by atoms with Crippen LogP contribution in [0, 0.1) is 0 Å². The summed E-state index contributed by atoms with van der Waals surface area (Å²) in [4.78, 5) is 27.9. The van der Waals surface area contributed by atoms with Crippen LogP contribution in [0.25, 0.3) is 0 Å². The predicted molar refractivity (Wildman–Crippen MR) is 118 cm³/mol. The summed E-state index contributed by atoms with van der Waals surface area (Å²) in [6.45, 7) is 8.82. The summed E-state index contributed by atoms with van der Waals surface area (Å²) in [6.07, 6.45) is 0. The maximum atomic E-state index is 12.4. The highest BCUT2D eigenvalue weighted by Crippen LogP contribution is 2.20. The van der Waals surface area contributed by atoms with Gasteiger partial charge in [-0.2, -0.15) is 0 Å². The normalized spacial score (nSPS) is 13.2. The molecule has 0 aromatic heterocycles. The number of carbonyl (C=O) groups excluding carboxylic acids is 2. The van der Waals surface area contributed by atoms with Crippen molar-refractivity contribution in [3.63, 3.8) is 0 Å². The number of hydrogen-bond donors (Lipinski definition) is 1. The van der Waals surface area contributed by atoms with Gasteiger partial charge in [-0.05, 0) is 55.5 Å². The largest absolute Gasteiger partial charge is 0.497 e. The Labute approximate surface area is 173 Å². The molecule has 1 N–H and O–H groups in total. The molecule has 0 atom stereocenters. The molecule has 156 valence electrons. The fourth-order valence-electron chi connectivity index (χ4n) is 3.12. The molecule has 1 aliphatic heterocycles. The van der Waals surface area contributed by atoms with Crippen LogP contribution in [-0.4, -0.2) is 56.4 Å². The lowest BCUT2D eigenvalue weighted by atomic mass is 10.1. The highest BCUT2D eigenvalue weighted by molar-refractivity contribution is 5.94. The average Bonchev–Trinajstić information content (AvgIpc) is 2.79. The summed E-state index contributed by atoms with van der Waals surface area (Å²) in [5.41, 5.74) is 2.65. The number of carbonyl (C=O) groups is 2. The third-order valence-corrected chi connectivity index (χ3v) is 4.81. The Kier molecular flexibility index (Phi) is 8.52. The molecule has 1 saturated heterocycles. The van der Waals surface area contributed by atoms with Crippen molar-refractivity contribution in [2.75, 3.05) is 50.1 Å². The van der Waals surface area contributed by atoms with Crippen molar-refractivity contribution < 1.29 is 14.3 Å². The van der Waals surface area contributed by atoms with Crippen molar-refractivity contribution in [2.45, 2.75) is 20.8 Å². The molecule has 1 aliphatic rings. The Balaban J connectivity index is 0.00000145. The van der Waals surface area contributed by atoms with Crippen molar-refractivity contribution >= 4 is 23.1 Å². The van der Waals surface area contributed by atoms with Crippen LogP contribution in [0.5, 0.6) is 5.75 Å². The second-order valence-corrected chi connectivity index (χ2v) is 6.55. The molecular weight excluding hydrogens is 366 g/mol. The van der Waals surface area contributed by atoms with E-state index >= 15 is 0 Å². The molecule has 1 amide bonds. The number of Topliss-reactive ketones (excluding diaryl/α,β-unsaturated/α-hetero) is 1. The van der Waals surface area contributed by atoms with Crippen LogP contribution in [0.3, 0.4) is 0 Å². The fraction of sp³-hybridized carbons (Fsp3) is 0.391. The molecule has 0 spiro atoms. The number of anilines is 2. The maximum Gasteiger partial charge on any atom is 0.241 e.